The van der Waals surface area contributed by atoms with Crippen molar-refractivity contribution < 1.29 is 42.6 Å². The lowest BCUT2D eigenvalue weighted by molar-refractivity contribution is -0.137. The molecule has 18 nitrogen and oxygen atoms in total. The second kappa shape index (κ2) is 23.6. The standard InChI is InChI=1S/C49H57FN10O8/c50-39-12-11-36(28-34(39)29-55-45(63)33-7-4-8-35(27-33)59-49(17-21-54-22-18-49)48(52)58-44(51)32-15-19-53-20-16-32)68-26-3-1-2-23-66-24-6-25-67-31-43(62)56-40-10-5-9-37-38(40)30-60(47(37)65)41-13-14-42(61)57-46(41)64/h4-5,7-12,15-16,19-20,27-28,41,54,59H,1-3,6,13-14,17-18,21-26,29-31H2,(H,55,63)(H,56,62)(H3,51,52,58)(H,57,61,64). The molecule has 4 heterocycles. The highest BCUT2D eigenvalue weighted by Crippen LogP contribution is 2.32. The normalized spacial score (nSPS) is 16.7. The Hall–Kier alpha value is -7.09. The van der Waals surface area contributed by atoms with Gasteiger partial charge in [0.2, 0.25) is 17.7 Å². The minimum absolute atomic E-state index is 0.0290. The van der Waals surface area contributed by atoms with Gasteiger partial charge in [-0.05, 0) is 119 Å². The van der Waals surface area contributed by atoms with Gasteiger partial charge in [0.1, 0.15) is 30.1 Å². The van der Waals surface area contributed by atoms with Gasteiger partial charge in [0.15, 0.2) is 5.84 Å². The Morgan fingerprint density at radius 2 is 1.68 bits per heavy atom. The van der Waals surface area contributed by atoms with Gasteiger partial charge in [-0.3, -0.25) is 39.7 Å². The first-order chi connectivity index (χ1) is 33.0. The number of piperidine rings is 2. The molecule has 3 aromatic carbocycles. The maximum absolute atomic E-state index is 14.8. The van der Waals surface area contributed by atoms with Gasteiger partial charge in [-0.25, -0.2) is 9.38 Å². The number of hydrogen-bond donors (Lipinski definition) is 7. The Bertz CT molecular complexity index is 2500. The van der Waals surface area contributed by atoms with E-state index in [2.05, 4.69) is 36.6 Å². The fourth-order valence-electron chi connectivity index (χ4n) is 8.26. The zero-order valence-electron chi connectivity index (χ0n) is 37.7. The van der Waals surface area contributed by atoms with Gasteiger partial charge in [-0.15, -0.1) is 0 Å². The molecule has 0 bridgehead atoms. The summed E-state index contributed by atoms with van der Waals surface area (Å²) < 4.78 is 32.0. The Balaban J connectivity index is 0.759. The second-order valence-corrected chi connectivity index (χ2v) is 16.8. The number of ether oxygens (including phenoxy) is 3. The van der Waals surface area contributed by atoms with Crippen LogP contribution < -0.4 is 37.1 Å². The monoisotopic (exact) mass is 932 g/mol. The fraction of sp³-hybridized carbons (Fsp3) is 0.388. The number of fused-ring (bicyclic) bond motifs is 1. The number of imide groups is 1. The molecule has 2 saturated heterocycles. The number of nitrogens with two attached hydrogens (primary N) is 1. The number of aromatic nitrogens is 1. The van der Waals surface area contributed by atoms with E-state index in [4.69, 9.17) is 25.4 Å². The fourth-order valence-corrected chi connectivity index (χ4v) is 8.26. The molecule has 7 rings (SSSR count). The van der Waals surface area contributed by atoms with Crippen LogP contribution in [0, 0.1) is 11.2 Å². The van der Waals surface area contributed by atoms with E-state index in [-0.39, 0.29) is 73.4 Å². The third-order valence-electron chi connectivity index (χ3n) is 12.0. The summed E-state index contributed by atoms with van der Waals surface area (Å²) in [6.45, 7) is 3.05. The SMILES string of the molecule is N=C(N=C(N)C1(Nc2cccc(C(=O)NCc3cc(OCCCCCOCCCOCC(=O)Nc4cccc5c4CN(C4CCC(=O)NC4=O)C5=O)ccc3F)c2)CCNCC1)c1ccncc1. The molecule has 0 spiro atoms. The number of amidine groups is 2. The molecule has 8 N–H and O–H groups in total. The van der Waals surface area contributed by atoms with Crippen molar-refractivity contribution in [1.82, 2.24) is 25.8 Å². The molecule has 4 aromatic rings. The minimum Gasteiger partial charge on any atom is -0.494 e. The maximum Gasteiger partial charge on any atom is 0.255 e. The number of unbranched alkanes of at least 4 members (excludes halogenated alkanes) is 2. The summed E-state index contributed by atoms with van der Waals surface area (Å²) in [6.07, 6.45) is 7.84. The predicted octanol–water partition coefficient (Wildman–Crippen LogP) is 4.44. The van der Waals surface area contributed by atoms with Crippen molar-refractivity contribution >= 4 is 52.6 Å². The van der Waals surface area contributed by atoms with Gasteiger partial charge >= 0.3 is 0 Å². The molecule has 5 amide bonds. The molecule has 3 aliphatic heterocycles. The lowest BCUT2D eigenvalue weighted by Gasteiger charge is -2.38. The number of nitrogens with one attached hydrogen (secondary N) is 6. The van der Waals surface area contributed by atoms with Crippen LogP contribution in [-0.4, -0.2) is 109 Å². The highest BCUT2D eigenvalue weighted by atomic mass is 19.1. The van der Waals surface area contributed by atoms with Crippen LogP contribution in [0.15, 0.2) is 90.2 Å². The number of halogens is 1. The van der Waals surface area contributed by atoms with Gasteiger partial charge in [-0.1, -0.05) is 12.1 Å². The van der Waals surface area contributed by atoms with Crippen molar-refractivity contribution in [2.45, 2.75) is 76.0 Å². The molecule has 68 heavy (non-hydrogen) atoms. The van der Waals surface area contributed by atoms with Crippen LogP contribution in [0.5, 0.6) is 5.75 Å². The summed E-state index contributed by atoms with van der Waals surface area (Å²) in [7, 11) is 0. The molecular formula is C49H57FN10O8. The van der Waals surface area contributed by atoms with Crippen LogP contribution in [0.3, 0.4) is 0 Å². The molecular weight excluding hydrogens is 876 g/mol. The summed E-state index contributed by atoms with van der Waals surface area (Å²) in [6, 6.07) is 19.1. The van der Waals surface area contributed by atoms with E-state index < -0.39 is 23.3 Å². The van der Waals surface area contributed by atoms with Crippen LogP contribution in [-0.2, 0) is 36.9 Å². The van der Waals surface area contributed by atoms with Crippen molar-refractivity contribution in [1.29, 1.82) is 5.41 Å². The lowest BCUT2D eigenvalue weighted by Crippen LogP contribution is -2.56. The molecule has 3 aliphatic rings. The number of anilines is 2. The number of nitrogens with zero attached hydrogens (tertiary/aromatic N) is 3. The van der Waals surface area contributed by atoms with Crippen molar-refractivity contribution in [2.75, 3.05) is 56.8 Å². The first-order valence-corrected chi connectivity index (χ1v) is 22.8. The zero-order valence-corrected chi connectivity index (χ0v) is 37.7. The number of rotatable bonds is 22. The Labute approximate surface area is 393 Å². The highest BCUT2D eigenvalue weighted by Gasteiger charge is 2.40. The minimum atomic E-state index is -0.744. The molecule has 0 radical (unpaired) electrons. The van der Waals surface area contributed by atoms with Gasteiger partial charge in [0.25, 0.3) is 11.8 Å². The van der Waals surface area contributed by atoms with Crippen molar-refractivity contribution in [3.63, 3.8) is 0 Å². The third kappa shape index (κ3) is 12.9. The summed E-state index contributed by atoms with van der Waals surface area (Å²) in [4.78, 5) is 72.8. The van der Waals surface area contributed by atoms with Crippen molar-refractivity contribution in [3.8, 4) is 5.75 Å². The van der Waals surface area contributed by atoms with E-state index in [1.165, 1.54) is 11.0 Å². The zero-order chi connectivity index (χ0) is 47.9. The topological polar surface area (TPSA) is 252 Å². The summed E-state index contributed by atoms with van der Waals surface area (Å²) in [5.74, 6) is -1.59. The van der Waals surface area contributed by atoms with Crippen molar-refractivity contribution in [2.24, 2.45) is 10.7 Å². The van der Waals surface area contributed by atoms with Crippen LogP contribution in [0.1, 0.15) is 88.8 Å². The number of aliphatic imine (C=N–C) groups is 1. The number of benzene rings is 3. The Kier molecular flexibility index (Phi) is 16.9. The predicted molar refractivity (Wildman–Crippen MR) is 252 cm³/mol. The molecule has 1 aromatic heterocycles. The molecule has 0 aliphatic carbocycles. The van der Waals surface area contributed by atoms with E-state index >= 15 is 0 Å². The van der Waals surface area contributed by atoms with Crippen molar-refractivity contribution in [3.05, 3.63) is 119 Å². The summed E-state index contributed by atoms with van der Waals surface area (Å²) in [5, 5.41) is 23.2. The maximum atomic E-state index is 14.8. The summed E-state index contributed by atoms with van der Waals surface area (Å²) in [5.41, 5.74) is 9.25. The van der Waals surface area contributed by atoms with E-state index in [0.29, 0.717) is 98.2 Å². The molecule has 0 saturated carbocycles. The quantitative estimate of drug-likeness (QED) is 0.0250. The third-order valence-corrected chi connectivity index (χ3v) is 12.0. The van der Waals surface area contributed by atoms with E-state index in [9.17, 15) is 28.4 Å². The average Bonchev–Trinajstić information content (AvgIpc) is 3.68. The van der Waals surface area contributed by atoms with Crippen LogP contribution >= 0.6 is 0 Å². The van der Waals surface area contributed by atoms with Gasteiger partial charge in [-0.2, -0.15) is 0 Å². The number of carbonyl (C=O) groups excluding carboxylic acids is 5. The van der Waals surface area contributed by atoms with Gasteiger partial charge in [0, 0.05) is 90.9 Å². The average molecular weight is 933 g/mol. The number of amides is 5. The van der Waals surface area contributed by atoms with E-state index in [1.54, 1.807) is 73.1 Å². The van der Waals surface area contributed by atoms with E-state index in [0.717, 1.165) is 19.3 Å². The lowest BCUT2D eigenvalue weighted by atomic mass is 9.86. The van der Waals surface area contributed by atoms with Gasteiger partial charge < -0.3 is 46.1 Å². The Morgan fingerprint density at radius 3 is 2.49 bits per heavy atom. The van der Waals surface area contributed by atoms with E-state index in [1.807, 2.05) is 6.07 Å². The molecule has 2 fully saturated rings. The van der Waals surface area contributed by atoms with Crippen LogP contribution in [0.25, 0.3) is 0 Å². The Morgan fingerprint density at radius 1 is 0.912 bits per heavy atom. The molecule has 1 unspecified atom stereocenters. The van der Waals surface area contributed by atoms with Crippen LogP contribution in [0.2, 0.25) is 0 Å². The summed E-state index contributed by atoms with van der Waals surface area (Å²) >= 11 is 0. The molecule has 358 valence electrons. The first kappa shape index (κ1) is 48.8. The smallest absolute Gasteiger partial charge is 0.255 e. The largest absolute Gasteiger partial charge is 0.494 e. The number of hydrogen-bond acceptors (Lipinski definition) is 12. The second-order valence-electron chi connectivity index (χ2n) is 16.8. The first-order valence-electron chi connectivity index (χ1n) is 22.8. The number of pyridine rings is 1. The molecule has 19 heteroatoms. The highest BCUT2D eigenvalue weighted by molar-refractivity contribution is 6.08. The van der Waals surface area contributed by atoms with Gasteiger partial charge in [0.05, 0.1) is 12.1 Å². The van der Waals surface area contributed by atoms with Crippen LogP contribution in [0.4, 0.5) is 15.8 Å². The molecule has 1 atom stereocenters. The number of carbonyl (C=O) groups is 5.